The second-order valence-corrected chi connectivity index (χ2v) is 4.53. The van der Waals surface area contributed by atoms with Crippen molar-refractivity contribution in [1.82, 2.24) is 0 Å². The Balaban J connectivity index is -0.0000000800. The number of carbonyl (C=O) groups is 2. The topological polar surface area (TPSA) is 195 Å². The third kappa shape index (κ3) is 17.6. The van der Waals surface area contributed by atoms with Crippen molar-refractivity contribution in [2.75, 3.05) is 0 Å². The number of carboxylic acid groups (broad SMARTS) is 2. The Kier molecular flexibility index (Phi) is 16.5. The van der Waals surface area contributed by atoms with Crippen LogP contribution in [0.3, 0.4) is 0 Å². The second kappa shape index (κ2) is 10.2. The van der Waals surface area contributed by atoms with Crippen LogP contribution in [0.5, 0.6) is 0 Å². The molecular weight excluding hydrogens is 292 g/mol. The van der Waals surface area contributed by atoms with Crippen LogP contribution in [0.1, 0.15) is 0 Å². The van der Waals surface area contributed by atoms with Gasteiger partial charge in [-0.25, -0.2) is 0 Å². The zero-order chi connectivity index (χ0) is 12.2. The van der Waals surface area contributed by atoms with Crippen molar-refractivity contribution in [1.29, 1.82) is 0 Å². The van der Waals surface area contributed by atoms with Gasteiger partial charge in [-0.2, -0.15) is 0 Å². The molecule has 0 atom stereocenters. The summed E-state index contributed by atoms with van der Waals surface area (Å²) < 4.78 is 18.7. The van der Waals surface area contributed by atoms with E-state index in [1.807, 2.05) is 0 Å². The molecule has 0 radical (unpaired) electrons. The van der Waals surface area contributed by atoms with Crippen LogP contribution >= 0.6 is 15.2 Å². The molecule has 0 aliphatic rings. The van der Waals surface area contributed by atoms with E-state index in [4.69, 9.17) is 39.4 Å². The maximum Gasteiger partial charge on any atom is 1.00 e. The predicted octanol–water partition coefficient (Wildman–Crippen LogP) is -8.98. The summed E-state index contributed by atoms with van der Waals surface area (Å²) in [6.45, 7) is 0. The summed E-state index contributed by atoms with van der Waals surface area (Å²) in [6, 6.07) is 0. The summed E-state index contributed by atoms with van der Waals surface area (Å²) >= 11 is 0. The molecule has 0 aromatic rings. The number of rotatable bonds is 2. The van der Waals surface area contributed by atoms with Gasteiger partial charge in [0, 0.05) is 0 Å². The van der Waals surface area contributed by atoms with E-state index in [0.717, 1.165) is 0 Å². The molecule has 0 saturated carbocycles. The van der Waals surface area contributed by atoms with Crippen molar-refractivity contribution in [2.24, 2.45) is 0 Å². The average molecular weight is 296 g/mol. The van der Waals surface area contributed by atoms with Crippen LogP contribution in [-0.4, -0.2) is 31.0 Å². The molecule has 0 aromatic carbocycles. The van der Waals surface area contributed by atoms with Gasteiger partial charge in [-0.1, -0.05) is 0 Å². The predicted molar refractivity (Wildman–Crippen MR) is 34.9 cm³/mol. The molecule has 0 aliphatic heterocycles. The van der Waals surface area contributed by atoms with E-state index in [1.165, 1.54) is 0 Å². The molecule has 14 heteroatoms. The van der Waals surface area contributed by atoms with E-state index < -0.39 is 26.6 Å². The molecule has 84 valence electrons. The third-order valence-electron chi connectivity index (χ3n) is 0.476. The molecule has 0 aromatic heterocycles. The Labute approximate surface area is 133 Å². The van der Waals surface area contributed by atoms with Crippen LogP contribution in [-0.2, 0) is 9.13 Å². The number of hydrogen-bond acceptors (Lipinski definition) is 6. The zero-order valence-electron chi connectivity index (χ0n) is 8.13. The van der Waals surface area contributed by atoms with E-state index in [0.29, 0.717) is 0 Å². The molecule has 0 unspecified atom stereocenters. The molecule has 0 bridgehead atoms. The summed E-state index contributed by atoms with van der Waals surface area (Å²) in [5, 5.41) is 18.3. The minimum Gasteiger partial charge on any atom is -0.538 e. The Bertz CT molecular complexity index is 281. The van der Waals surface area contributed by atoms with Crippen LogP contribution in [0.2, 0.25) is 0 Å². The largest absolute Gasteiger partial charge is 1.00 e. The Morgan fingerprint density at radius 3 is 0.812 bits per heavy atom. The quantitative estimate of drug-likeness (QED) is 0.280. The fraction of sp³-hybridized carbons (Fsp3) is 0. The monoisotopic (exact) mass is 296 g/mol. The maximum absolute atomic E-state index is 9.36. The van der Waals surface area contributed by atoms with Gasteiger partial charge < -0.3 is 39.4 Å². The first-order chi connectivity index (χ1) is 5.89. The molecule has 0 rings (SSSR count). The smallest absolute Gasteiger partial charge is 0.538 e. The Morgan fingerprint density at radius 1 is 0.750 bits per heavy atom. The molecular formula is C2H4Na2O10P2. The molecule has 4 N–H and O–H groups in total. The number of hydrogen-bond donors (Lipinski definition) is 4. The molecule has 0 heterocycles. The standard InChI is InChI=1S/2CH3O5P.2Na/c2*2-1(3)7(4,5)6;;/h2*(H,2,3)(H2,4,5,6);;/q;;2*+1/p-2. The maximum atomic E-state index is 9.36. The Hall–Kier alpha value is 1.24. The van der Waals surface area contributed by atoms with Gasteiger partial charge in [0.2, 0.25) is 0 Å². The van der Waals surface area contributed by atoms with Crippen molar-refractivity contribution in [2.45, 2.75) is 0 Å². The van der Waals surface area contributed by atoms with Crippen LogP contribution in [0.25, 0.3) is 0 Å². The minimum atomic E-state index is -4.93. The van der Waals surface area contributed by atoms with Crippen molar-refractivity contribution in [3.63, 3.8) is 0 Å². The SMILES string of the molecule is O=C([O-])P(=O)(O)O.O=C([O-])P(=O)(O)O.[Na+].[Na+]. The Morgan fingerprint density at radius 2 is 0.812 bits per heavy atom. The first-order valence-electron chi connectivity index (χ1n) is 2.43. The van der Waals surface area contributed by atoms with Gasteiger partial charge in [-0.05, 0) is 0 Å². The van der Waals surface area contributed by atoms with Gasteiger partial charge in [-0.3, -0.25) is 9.13 Å². The van der Waals surface area contributed by atoms with E-state index in [2.05, 4.69) is 0 Å². The average Bonchev–Trinajstić information content (AvgIpc) is 1.83. The third-order valence-corrected chi connectivity index (χ3v) is 1.43. The van der Waals surface area contributed by atoms with Gasteiger partial charge in [0.05, 0.1) is 0 Å². The van der Waals surface area contributed by atoms with E-state index in [9.17, 15) is 9.13 Å². The summed E-state index contributed by atoms with van der Waals surface area (Å²) in [4.78, 5) is 48.5. The normalized spacial score (nSPS) is 9.75. The summed E-state index contributed by atoms with van der Waals surface area (Å²) in [5.41, 5.74) is -4.68. The molecule has 0 fully saturated rings. The van der Waals surface area contributed by atoms with E-state index in [-0.39, 0.29) is 59.1 Å². The van der Waals surface area contributed by atoms with Crippen LogP contribution in [0, 0.1) is 0 Å². The summed E-state index contributed by atoms with van der Waals surface area (Å²) in [5.74, 6) is 0. The van der Waals surface area contributed by atoms with Crippen LogP contribution in [0.15, 0.2) is 0 Å². The van der Waals surface area contributed by atoms with Crippen LogP contribution < -0.4 is 69.3 Å². The van der Waals surface area contributed by atoms with Gasteiger partial charge >= 0.3 is 74.3 Å². The van der Waals surface area contributed by atoms with Gasteiger partial charge in [0.1, 0.15) is 0 Å². The molecule has 0 aliphatic carbocycles. The van der Waals surface area contributed by atoms with E-state index >= 15 is 0 Å². The molecule has 16 heavy (non-hydrogen) atoms. The molecule has 0 amide bonds. The first-order valence-corrected chi connectivity index (χ1v) is 5.65. The fourth-order valence-electron chi connectivity index (χ4n) is 0. The van der Waals surface area contributed by atoms with Crippen molar-refractivity contribution in [3.05, 3.63) is 0 Å². The molecule has 10 nitrogen and oxygen atoms in total. The molecule has 0 saturated heterocycles. The number of carbonyl (C=O) groups excluding carboxylic acids is 2. The van der Waals surface area contributed by atoms with Crippen molar-refractivity contribution in [3.8, 4) is 0 Å². The minimum absolute atomic E-state index is 0. The molecule has 0 spiro atoms. The second-order valence-electron chi connectivity index (χ2n) is 1.62. The summed E-state index contributed by atoms with van der Waals surface area (Å²) in [7, 11) is -9.86. The van der Waals surface area contributed by atoms with E-state index in [1.54, 1.807) is 0 Å². The van der Waals surface area contributed by atoms with Crippen molar-refractivity contribution >= 4 is 26.6 Å². The fourth-order valence-corrected chi connectivity index (χ4v) is 0. The first kappa shape index (κ1) is 25.9. The van der Waals surface area contributed by atoms with Gasteiger partial charge in [0.25, 0.3) is 0 Å². The van der Waals surface area contributed by atoms with Crippen molar-refractivity contribution < 1.29 is 108 Å². The van der Waals surface area contributed by atoms with Gasteiger partial charge in [-0.15, -0.1) is 0 Å². The van der Waals surface area contributed by atoms with Crippen LogP contribution in [0.4, 0.5) is 9.59 Å². The van der Waals surface area contributed by atoms with Gasteiger partial charge in [0.15, 0.2) is 11.4 Å². The summed E-state index contributed by atoms with van der Waals surface area (Å²) in [6.07, 6.45) is 0. The zero-order valence-corrected chi connectivity index (χ0v) is 13.9.